The summed E-state index contributed by atoms with van der Waals surface area (Å²) in [5, 5.41) is 21.9. The normalized spacial score (nSPS) is 14.4. The first-order chi connectivity index (χ1) is 20.4. The molecule has 0 aromatic heterocycles. The molecule has 0 aliphatic rings. The largest absolute Gasteiger partial charge is 0.508 e. The van der Waals surface area contributed by atoms with E-state index in [4.69, 9.17) is 18.1 Å². The fraction of sp³-hybridized carbons (Fsp3) is 0.581. The van der Waals surface area contributed by atoms with Gasteiger partial charge in [0.25, 0.3) is 0 Å². The molecule has 0 heterocycles. The molecule has 43 heavy (non-hydrogen) atoms. The predicted molar refractivity (Wildman–Crippen MR) is 170 cm³/mol. The van der Waals surface area contributed by atoms with Gasteiger partial charge in [-0.15, -0.1) is 0 Å². The van der Waals surface area contributed by atoms with Gasteiger partial charge in [0.05, 0.1) is 32.1 Å². The summed E-state index contributed by atoms with van der Waals surface area (Å²) < 4.78 is 49.9. The maximum absolute atomic E-state index is 13.9. The van der Waals surface area contributed by atoms with Crippen LogP contribution in [0.3, 0.4) is 0 Å². The Hall–Kier alpha value is -2.19. The van der Waals surface area contributed by atoms with Gasteiger partial charge in [0.15, 0.2) is 5.40 Å². The predicted octanol–water partition coefficient (Wildman–Crippen LogP) is 8.61. The third-order valence-corrected chi connectivity index (χ3v) is 13.4. The Morgan fingerprint density at radius 1 is 0.744 bits per heavy atom. The molecule has 1 amide bonds. The molecule has 0 aliphatic carbocycles. The Kier molecular flexibility index (Phi) is 14.9. The van der Waals surface area contributed by atoms with Crippen molar-refractivity contribution in [1.82, 2.24) is 0 Å². The van der Waals surface area contributed by atoms with Crippen molar-refractivity contribution >= 4 is 26.8 Å². The number of phenolic OH excluding ortho intramolecular Hbond substituents is 2. The standard InChI is InChI=1S/C31H49NO9P2/c1-8-26(23-14-17-25(33)18-15-23)27(9-2)24-16-19-29(34)28(21-24)32-31(35)22(7)20-30(42(36,38-10-3)39-11-4)43(37,40-12-5)41-13-6/h14-19,21-22,26-27,30,33-34H,8-13,20H2,1-7H3,(H,32,35). The highest BCUT2D eigenvalue weighted by atomic mass is 31.2. The Morgan fingerprint density at radius 3 is 1.63 bits per heavy atom. The van der Waals surface area contributed by atoms with E-state index in [1.54, 1.807) is 58.9 Å². The molecule has 0 radical (unpaired) electrons. The zero-order valence-electron chi connectivity index (χ0n) is 26.4. The molecule has 2 aromatic carbocycles. The molecule has 0 bridgehead atoms. The van der Waals surface area contributed by atoms with E-state index in [1.807, 2.05) is 18.2 Å². The Morgan fingerprint density at radius 2 is 1.19 bits per heavy atom. The molecule has 12 heteroatoms. The molecule has 3 atom stereocenters. The van der Waals surface area contributed by atoms with Crippen LogP contribution >= 0.6 is 15.2 Å². The van der Waals surface area contributed by atoms with Crippen LogP contribution in [0, 0.1) is 5.92 Å². The minimum absolute atomic E-state index is 0.0365. The molecule has 0 saturated heterocycles. The third kappa shape index (κ3) is 9.65. The molecular formula is C31H49NO9P2. The summed E-state index contributed by atoms with van der Waals surface area (Å²) in [5.74, 6) is -0.975. The number of benzene rings is 2. The van der Waals surface area contributed by atoms with Gasteiger partial charge >= 0.3 is 15.2 Å². The van der Waals surface area contributed by atoms with Crippen LogP contribution in [-0.2, 0) is 32.0 Å². The van der Waals surface area contributed by atoms with Gasteiger partial charge in [-0.05, 0) is 94.2 Å². The Labute approximate surface area is 256 Å². The summed E-state index contributed by atoms with van der Waals surface area (Å²) in [6, 6.07) is 12.4. The zero-order valence-corrected chi connectivity index (χ0v) is 28.2. The second-order valence-electron chi connectivity index (χ2n) is 10.3. The van der Waals surface area contributed by atoms with E-state index < -0.39 is 32.4 Å². The van der Waals surface area contributed by atoms with E-state index in [0.717, 1.165) is 24.0 Å². The van der Waals surface area contributed by atoms with Crippen LogP contribution in [0.2, 0.25) is 0 Å². The van der Waals surface area contributed by atoms with Gasteiger partial charge in [-0.25, -0.2) is 0 Å². The van der Waals surface area contributed by atoms with E-state index >= 15 is 0 Å². The van der Waals surface area contributed by atoms with Crippen LogP contribution in [0.5, 0.6) is 11.5 Å². The van der Waals surface area contributed by atoms with Crippen LogP contribution in [0.4, 0.5) is 5.69 Å². The Balaban J connectivity index is 2.39. The smallest absolute Gasteiger partial charge is 0.345 e. The number of hydrogen-bond acceptors (Lipinski definition) is 9. The molecule has 2 aromatic rings. The third-order valence-electron chi connectivity index (χ3n) is 7.37. The molecular weight excluding hydrogens is 592 g/mol. The summed E-state index contributed by atoms with van der Waals surface area (Å²) in [6.45, 7) is 12.5. The van der Waals surface area contributed by atoms with Gasteiger partial charge in [0.2, 0.25) is 5.91 Å². The first-order valence-electron chi connectivity index (χ1n) is 15.1. The van der Waals surface area contributed by atoms with Gasteiger partial charge in [0, 0.05) is 5.92 Å². The summed E-state index contributed by atoms with van der Waals surface area (Å²) in [7, 11) is -8.05. The van der Waals surface area contributed by atoms with E-state index in [2.05, 4.69) is 19.2 Å². The van der Waals surface area contributed by atoms with Crippen molar-refractivity contribution in [2.45, 2.75) is 85.0 Å². The summed E-state index contributed by atoms with van der Waals surface area (Å²) in [6.07, 6.45) is 1.49. The van der Waals surface area contributed by atoms with E-state index in [0.29, 0.717) is 0 Å². The first-order valence-corrected chi connectivity index (χ1v) is 18.4. The molecule has 0 fully saturated rings. The highest BCUT2D eigenvalue weighted by Gasteiger charge is 2.51. The SMILES string of the molecule is CCOP(=O)(OCC)C(CC(C)C(=O)Nc1cc(C(CC)C(CC)c2ccc(O)cc2)ccc1O)P(=O)(OCC)OCC. The average Bonchev–Trinajstić information content (AvgIpc) is 2.96. The number of phenols is 2. The average molecular weight is 642 g/mol. The van der Waals surface area contributed by atoms with Crippen molar-refractivity contribution in [3.63, 3.8) is 0 Å². The minimum atomic E-state index is -4.03. The van der Waals surface area contributed by atoms with Crippen molar-refractivity contribution in [3.8, 4) is 11.5 Å². The van der Waals surface area contributed by atoms with Gasteiger partial charge in [-0.3, -0.25) is 13.9 Å². The first kappa shape index (κ1) is 37.0. The lowest BCUT2D eigenvalue weighted by molar-refractivity contribution is -0.119. The molecule has 242 valence electrons. The second-order valence-corrected chi connectivity index (χ2v) is 15.1. The summed E-state index contributed by atoms with van der Waals surface area (Å²) in [4.78, 5) is 13.5. The number of aromatic hydroxyl groups is 2. The number of anilines is 1. The maximum Gasteiger partial charge on any atom is 0.345 e. The fourth-order valence-corrected chi connectivity index (χ4v) is 11.0. The molecule has 0 saturated carbocycles. The number of amides is 1. The second kappa shape index (κ2) is 17.3. The van der Waals surface area contributed by atoms with Gasteiger partial charge in [0.1, 0.15) is 11.5 Å². The topological polar surface area (TPSA) is 141 Å². The highest BCUT2D eigenvalue weighted by Crippen LogP contribution is 2.72. The van der Waals surface area contributed by atoms with E-state index in [-0.39, 0.29) is 61.9 Å². The van der Waals surface area contributed by atoms with Crippen molar-refractivity contribution < 1.29 is 42.2 Å². The van der Waals surface area contributed by atoms with E-state index in [9.17, 15) is 24.1 Å². The number of rotatable bonds is 19. The number of carbonyl (C=O) groups is 1. The van der Waals surface area contributed by atoms with Crippen LogP contribution in [0.25, 0.3) is 0 Å². The Bertz CT molecular complexity index is 1200. The number of hydrogen-bond donors (Lipinski definition) is 3. The van der Waals surface area contributed by atoms with Crippen molar-refractivity contribution in [1.29, 1.82) is 0 Å². The lowest BCUT2D eigenvalue weighted by Crippen LogP contribution is -2.27. The monoisotopic (exact) mass is 641 g/mol. The highest BCUT2D eigenvalue weighted by molar-refractivity contribution is 7.72. The number of nitrogens with one attached hydrogen (secondary N) is 1. The van der Waals surface area contributed by atoms with Gasteiger partial charge in [-0.2, -0.15) is 0 Å². The van der Waals surface area contributed by atoms with Crippen LogP contribution in [0.15, 0.2) is 42.5 Å². The van der Waals surface area contributed by atoms with Gasteiger partial charge in [-0.1, -0.05) is 39.0 Å². The van der Waals surface area contributed by atoms with Crippen molar-refractivity contribution in [2.24, 2.45) is 5.92 Å². The number of carbonyl (C=O) groups excluding carboxylic acids is 1. The maximum atomic E-state index is 13.9. The minimum Gasteiger partial charge on any atom is -0.508 e. The molecule has 3 N–H and O–H groups in total. The van der Waals surface area contributed by atoms with Crippen LogP contribution in [-0.4, -0.2) is 47.9 Å². The van der Waals surface area contributed by atoms with Gasteiger partial charge < -0.3 is 33.6 Å². The lowest BCUT2D eigenvalue weighted by Gasteiger charge is -2.32. The molecule has 0 aliphatic heterocycles. The summed E-state index contributed by atoms with van der Waals surface area (Å²) >= 11 is 0. The fourth-order valence-electron chi connectivity index (χ4n) is 5.36. The molecule has 3 unspecified atom stereocenters. The van der Waals surface area contributed by atoms with Crippen LogP contribution < -0.4 is 5.32 Å². The molecule has 2 rings (SSSR count). The van der Waals surface area contributed by atoms with E-state index in [1.165, 1.54) is 0 Å². The molecule has 0 spiro atoms. The van der Waals surface area contributed by atoms with Crippen LogP contribution in [0.1, 0.15) is 90.7 Å². The molecule has 10 nitrogen and oxygen atoms in total. The van der Waals surface area contributed by atoms with Crippen molar-refractivity contribution in [2.75, 3.05) is 31.7 Å². The van der Waals surface area contributed by atoms with Crippen molar-refractivity contribution in [3.05, 3.63) is 53.6 Å². The lowest BCUT2D eigenvalue weighted by atomic mass is 9.78. The quantitative estimate of drug-likeness (QED) is 0.102. The zero-order chi connectivity index (χ0) is 32.2. The summed E-state index contributed by atoms with van der Waals surface area (Å²) in [5.41, 5.74) is 2.27.